The smallest absolute Gasteiger partial charge is 0.343 e. The van der Waals surface area contributed by atoms with Gasteiger partial charge < -0.3 is 18.9 Å². The van der Waals surface area contributed by atoms with Crippen LogP contribution in [0.3, 0.4) is 0 Å². The number of pyridine rings is 1. The fraction of sp³-hybridized carbons (Fsp3) is 0.400. The third-order valence-corrected chi connectivity index (χ3v) is 6.67. The molecule has 3 rings (SSSR count). The summed E-state index contributed by atoms with van der Waals surface area (Å²) >= 11 is 0. The van der Waals surface area contributed by atoms with Crippen molar-refractivity contribution < 1.29 is 28.5 Å². The normalized spacial score (nSPS) is 10.6. The molecule has 0 saturated heterocycles. The van der Waals surface area contributed by atoms with Crippen molar-refractivity contribution >= 4 is 11.9 Å². The van der Waals surface area contributed by atoms with Gasteiger partial charge in [-0.2, -0.15) is 0 Å². The number of ether oxygens (including phenoxy) is 4. The van der Waals surface area contributed by atoms with E-state index < -0.39 is 5.97 Å². The molecule has 0 radical (unpaired) electrons. The lowest BCUT2D eigenvalue weighted by atomic mass is 10.1. The number of carbonyl (C=O) groups excluding carboxylic acids is 2. The van der Waals surface area contributed by atoms with Crippen LogP contribution < -0.4 is 14.2 Å². The first-order valence-corrected chi connectivity index (χ1v) is 15.0. The molecule has 2 aromatic carbocycles. The molecule has 42 heavy (non-hydrogen) atoms. The van der Waals surface area contributed by atoms with E-state index in [9.17, 15) is 9.59 Å². The van der Waals surface area contributed by atoms with Crippen molar-refractivity contribution in [2.75, 3.05) is 19.8 Å². The van der Waals surface area contributed by atoms with Crippen LogP contribution in [0.1, 0.15) is 81.5 Å². The van der Waals surface area contributed by atoms with E-state index in [-0.39, 0.29) is 5.97 Å². The van der Waals surface area contributed by atoms with E-state index in [0.717, 1.165) is 67.7 Å². The summed E-state index contributed by atoms with van der Waals surface area (Å²) in [5.41, 5.74) is 2.21. The lowest BCUT2D eigenvalue weighted by molar-refractivity contribution is -0.137. The average Bonchev–Trinajstić information content (AvgIpc) is 3.02. The molecule has 0 amide bonds. The Balaban J connectivity index is 1.29. The average molecular weight is 574 g/mol. The number of unbranched alkanes of at least 4 members (excludes halogenated alkanes) is 8. The molecule has 7 nitrogen and oxygen atoms in total. The lowest BCUT2D eigenvalue weighted by Gasteiger charge is -2.09. The summed E-state index contributed by atoms with van der Waals surface area (Å²) in [5.74, 6) is 1.20. The van der Waals surface area contributed by atoms with Crippen molar-refractivity contribution in [1.82, 2.24) is 4.98 Å². The molecule has 0 atom stereocenters. The second-order valence-electron chi connectivity index (χ2n) is 10.1. The molecule has 0 spiro atoms. The van der Waals surface area contributed by atoms with Crippen molar-refractivity contribution in [3.63, 3.8) is 0 Å². The van der Waals surface area contributed by atoms with Gasteiger partial charge in [0, 0.05) is 11.6 Å². The van der Waals surface area contributed by atoms with E-state index in [4.69, 9.17) is 18.9 Å². The van der Waals surface area contributed by atoms with Crippen LogP contribution in [-0.2, 0) is 9.53 Å². The van der Waals surface area contributed by atoms with Crippen LogP contribution in [-0.4, -0.2) is 36.7 Å². The van der Waals surface area contributed by atoms with Crippen LogP contribution in [0.25, 0.3) is 11.3 Å². The highest BCUT2D eigenvalue weighted by molar-refractivity contribution is 5.91. The SMILES string of the molecule is C=CC(=O)OCCCCCCCCCCOc1ccc(C(=O)Oc2ccc(-c3ccc(OCCCC)cn3)cc2)cc1. The van der Waals surface area contributed by atoms with Crippen LogP contribution in [0, 0.1) is 0 Å². The van der Waals surface area contributed by atoms with Gasteiger partial charge in [-0.3, -0.25) is 4.98 Å². The van der Waals surface area contributed by atoms with E-state index in [2.05, 4.69) is 18.5 Å². The molecule has 1 heterocycles. The molecular formula is C35H43NO6. The Morgan fingerprint density at radius 2 is 1.26 bits per heavy atom. The largest absolute Gasteiger partial charge is 0.494 e. The molecule has 7 heteroatoms. The number of aromatic nitrogens is 1. The molecule has 1 aromatic heterocycles. The molecule has 0 aliphatic rings. The fourth-order valence-electron chi connectivity index (χ4n) is 4.20. The minimum absolute atomic E-state index is 0.349. The first-order valence-electron chi connectivity index (χ1n) is 15.0. The van der Waals surface area contributed by atoms with Gasteiger partial charge >= 0.3 is 11.9 Å². The van der Waals surface area contributed by atoms with Gasteiger partial charge in [-0.05, 0) is 79.9 Å². The van der Waals surface area contributed by atoms with Gasteiger partial charge in [0.05, 0.1) is 37.3 Å². The maximum atomic E-state index is 12.6. The summed E-state index contributed by atoms with van der Waals surface area (Å²) in [6.07, 6.45) is 13.8. The summed E-state index contributed by atoms with van der Waals surface area (Å²) < 4.78 is 22.0. The molecular weight excluding hydrogens is 530 g/mol. The standard InChI is InChI=1S/C35H43NO6/c1-3-5-24-40-32-22-23-33(36-27-32)28-14-20-31(21-15-28)42-35(38)29-16-18-30(19-17-29)39-25-12-10-8-6-7-9-11-13-26-41-34(37)4-2/h4,14-23,27H,2-3,5-13,24-26H2,1H3. The second kappa shape index (κ2) is 19.1. The Morgan fingerprint density at radius 3 is 1.88 bits per heavy atom. The molecule has 0 N–H and O–H groups in total. The van der Waals surface area contributed by atoms with Crippen LogP contribution in [0.2, 0.25) is 0 Å². The number of benzene rings is 2. The zero-order valence-corrected chi connectivity index (χ0v) is 24.7. The lowest BCUT2D eigenvalue weighted by Crippen LogP contribution is -2.08. The highest BCUT2D eigenvalue weighted by Gasteiger charge is 2.10. The molecule has 0 aliphatic heterocycles. The van der Waals surface area contributed by atoms with Crippen molar-refractivity contribution in [1.29, 1.82) is 0 Å². The van der Waals surface area contributed by atoms with Gasteiger partial charge in [0.1, 0.15) is 17.2 Å². The van der Waals surface area contributed by atoms with Crippen molar-refractivity contribution in [3.8, 4) is 28.5 Å². The van der Waals surface area contributed by atoms with Crippen LogP contribution in [0.5, 0.6) is 17.2 Å². The minimum Gasteiger partial charge on any atom is -0.494 e. The Labute approximate surface area is 249 Å². The number of rotatable bonds is 20. The Hall–Kier alpha value is -4.13. The third-order valence-electron chi connectivity index (χ3n) is 6.67. The van der Waals surface area contributed by atoms with E-state index in [1.807, 2.05) is 24.3 Å². The monoisotopic (exact) mass is 573 g/mol. The first kappa shape index (κ1) is 32.4. The number of esters is 2. The Kier molecular flexibility index (Phi) is 14.7. The Bertz CT molecular complexity index is 1210. The van der Waals surface area contributed by atoms with Gasteiger partial charge in [-0.25, -0.2) is 9.59 Å². The van der Waals surface area contributed by atoms with Gasteiger partial charge in [0.15, 0.2) is 0 Å². The maximum absolute atomic E-state index is 12.6. The molecule has 0 bridgehead atoms. The zero-order chi connectivity index (χ0) is 29.8. The molecule has 224 valence electrons. The van der Waals surface area contributed by atoms with Gasteiger partial charge in [0.25, 0.3) is 0 Å². The quantitative estimate of drug-likeness (QED) is 0.0581. The van der Waals surface area contributed by atoms with Crippen molar-refractivity contribution in [2.24, 2.45) is 0 Å². The molecule has 0 fully saturated rings. The third kappa shape index (κ3) is 12.2. The van der Waals surface area contributed by atoms with E-state index in [0.29, 0.717) is 31.1 Å². The molecule has 0 unspecified atom stereocenters. The van der Waals surface area contributed by atoms with Gasteiger partial charge in [-0.15, -0.1) is 0 Å². The maximum Gasteiger partial charge on any atom is 0.343 e. The number of carbonyl (C=O) groups is 2. The van der Waals surface area contributed by atoms with Crippen molar-refractivity contribution in [2.45, 2.75) is 71.1 Å². The van der Waals surface area contributed by atoms with Crippen LogP contribution >= 0.6 is 0 Å². The number of hydrogen-bond acceptors (Lipinski definition) is 7. The van der Waals surface area contributed by atoms with Gasteiger partial charge in [-0.1, -0.05) is 58.4 Å². The predicted octanol–water partition coefficient (Wildman–Crippen LogP) is 8.38. The molecule has 0 saturated carbocycles. The van der Waals surface area contributed by atoms with E-state index >= 15 is 0 Å². The summed E-state index contributed by atoms with van der Waals surface area (Å²) in [5, 5.41) is 0. The zero-order valence-electron chi connectivity index (χ0n) is 24.7. The summed E-state index contributed by atoms with van der Waals surface area (Å²) in [4.78, 5) is 28.1. The molecule has 0 aliphatic carbocycles. The summed E-state index contributed by atoms with van der Waals surface area (Å²) in [7, 11) is 0. The predicted molar refractivity (Wildman–Crippen MR) is 165 cm³/mol. The topological polar surface area (TPSA) is 84.0 Å². The molecule has 3 aromatic rings. The van der Waals surface area contributed by atoms with E-state index in [1.165, 1.54) is 25.3 Å². The van der Waals surface area contributed by atoms with Crippen LogP contribution in [0.15, 0.2) is 79.5 Å². The summed E-state index contributed by atoms with van der Waals surface area (Å²) in [6, 6.07) is 18.2. The highest BCUT2D eigenvalue weighted by atomic mass is 16.5. The Morgan fingerprint density at radius 1 is 0.690 bits per heavy atom. The van der Waals surface area contributed by atoms with Crippen molar-refractivity contribution in [3.05, 3.63) is 85.1 Å². The van der Waals surface area contributed by atoms with Crippen LogP contribution in [0.4, 0.5) is 0 Å². The highest BCUT2D eigenvalue weighted by Crippen LogP contribution is 2.23. The minimum atomic E-state index is -0.418. The van der Waals surface area contributed by atoms with Gasteiger partial charge in [0.2, 0.25) is 0 Å². The second-order valence-corrected chi connectivity index (χ2v) is 10.1. The van der Waals surface area contributed by atoms with E-state index in [1.54, 1.807) is 42.6 Å². The number of nitrogens with zero attached hydrogens (tertiary/aromatic N) is 1. The number of hydrogen-bond donors (Lipinski definition) is 0. The summed E-state index contributed by atoms with van der Waals surface area (Å²) in [6.45, 7) is 7.32. The first-order chi connectivity index (χ1) is 20.6. The fourth-order valence-corrected chi connectivity index (χ4v) is 4.20.